The Morgan fingerprint density at radius 3 is 2.73 bits per heavy atom. The fourth-order valence-electron chi connectivity index (χ4n) is 1.99. The second kappa shape index (κ2) is 3.55. The fourth-order valence-corrected chi connectivity index (χ4v) is 1.99. The highest BCUT2D eigenvalue weighted by molar-refractivity contribution is 4.89. The van der Waals surface area contributed by atoms with Crippen LogP contribution in [0.25, 0.3) is 0 Å². The Kier molecular flexibility index (Phi) is 2.90. The van der Waals surface area contributed by atoms with Gasteiger partial charge < -0.3 is 10.1 Å². The molecular formula is C9H19NO. The lowest BCUT2D eigenvalue weighted by molar-refractivity contribution is 0.0620. The molecule has 0 amide bonds. The number of hydrogen-bond donors (Lipinski definition) is 1. The molecule has 0 bridgehead atoms. The molecule has 1 fully saturated rings. The van der Waals surface area contributed by atoms with Crippen molar-refractivity contribution >= 4 is 0 Å². The van der Waals surface area contributed by atoms with Crippen molar-refractivity contribution in [2.24, 2.45) is 5.41 Å². The molecule has 1 aliphatic rings. The number of hydrogen-bond acceptors (Lipinski definition) is 2. The molecule has 1 rings (SSSR count). The third kappa shape index (κ3) is 1.57. The average Bonchev–Trinajstić information content (AvgIpc) is 2.35. The highest BCUT2D eigenvalue weighted by Gasteiger charge is 2.38. The van der Waals surface area contributed by atoms with Crippen LogP contribution in [-0.4, -0.2) is 26.3 Å². The first kappa shape index (κ1) is 9.01. The van der Waals surface area contributed by atoms with Crippen molar-refractivity contribution in [1.82, 2.24) is 5.32 Å². The van der Waals surface area contributed by atoms with Crippen LogP contribution in [0.2, 0.25) is 0 Å². The van der Waals surface area contributed by atoms with Crippen LogP contribution in [0.4, 0.5) is 0 Å². The summed E-state index contributed by atoms with van der Waals surface area (Å²) in [6, 6.07) is 0. The zero-order valence-electron chi connectivity index (χ0n) is 7.81. The molecule has 0 aliphatic carbocycles. The van der Waals surface area contributed by atoms with Crippen LogP contribution in [0.15, 0.2) is 0 Å². The Bertz CT molecular complexity index is 127. The van der Waals surface area contributed by atoms with Gasteiger partial charge in [0, 0.05) is 18.6 Å². The van der Waals surface area contributed by atoms with Crippen LogP contribution in [0.1, 0.15) is 26.7 Å². The molecule has 0 aromatic heterocycles. The van der Waals surface area contributed by atoms with Gasteiger partial charge in [-0.05, 0) is 26.8 Å². The van der Waals surface area contributed by atoms with Gasteiger partial charge in [0.1, 0.15) is 0 Å². The van der Waals surface area contributed by atoms with Crippen LogP contribution in [-0.2, 0) is 4.74 Å². The Balaban J connectivity index is 2.57. The van der Waals surface area contributed by atoms with E-state index < -0.39 is 0 Å². The van der Waals surface area contributed by atoms with Gasteiger partial charge in [-0.1, -0.05) is 6.92 Å². The molecule has 1 heterocycles. The molecular weight excluding hydrogens is 138 g/mol. The topological polar surface area (TPSA) is 21.3 Å². The van der Waals surface area contributed by atoms with Gasteiger partial charge in [0.25, 0.3) is 0 Å². The van der Waals surface area contributed by atoms with Gasteiger partial charge in [0.05, 0.1) is 6.10 Å². The second-order valence-corrected chi connectivity index (χ2v) is 3.51. The largest absolute Gasteiger partial charge is 0.378 e. The van der Waals surface area contributed by atoms with Crippen LogP contribution in [0.3, 0.4) is 0 Å². The zero-order valence-corrected chi connectivity index (χ0v) is 7.81. The lowest BCUT2D eigenvalue weighted by atomic mass is 9.79. The van der Waals surface area contributed by atoms with Crippen molar-refractivity contribution in [3.05, 3.63) is 0 Å². The first-order valence-electron chi connectivity index (χ1n) is 4.51. The smallest absolute Gasteiger partial charge is 0.0616 e. The van der Waals surface area contributed by atoms with Crippen molar-refractivity contribution in [2.75, 3.05) is 20.2 Å². The quantitative estimate of drug-likeness (QED) is 0.669. The lowest BCUT2D eigenvalue weighted by Crippen LogP contribution is -2.37. The van der Waals surface area contributed by atoms with Crippen LogP contribution < -0.4 is 5.32 Å². The van der Waals surface area contributed by atoms with Gasteiger partial charge >= 0.3 is 0 Å². The molecule has 2 unspecified atom stereocenters. The SMILES string of the molecule is CCC1(CNC)CCOC1C. The highest BCUT2D eigenvalue weighted by Crippen LogP contribution is 2.37. The van der Waals surface area contributed by atoms with Gasteiger partial charge in [-0.2, -0.15) is 0 Å². The van der Waals surface area contributed by atoms with Gasteiger partial charge in [0.2, 0.25) is 0 Å². The maximum Gasteiger partial charge on any atom is 0.0616 e. The average molecular weight is 157 g/mol. The Morgan fingerprint density at radius 2 is 2.36 bits per heavy atom. The normalized spacial score (nSPS) is 37.9. The highest BCUT2D eigenvalue weighted by atomic mass is 16.5. The lowest BCUT2D eigenvalue weighted by Gasteiger charge is -2.30. The maximum absolute atomic E-state index is 5.57. The second-order valence-electron chi connectivity index (χ2n) is 3.51. The van der Waals surface area contributed by atoms with E-state index in [9.17, 15) is 0 Å². The third-order valence-corrected chi connectivity index (χ3v) is 3.06. The van der Waals surface area contributed by atoms with Crippen molar-refractivity contribution in [3.8, 4) is 0 Å². The number of rotatable bonds is 3. The first-order chi connectivity index (χ1) is 5.25. The van der Waals surface area contributed by atoms with E-state index in [0.717, 1.165) is 13.2 Å². The molecule has 66 valence electrons. The van der Waals surface area contributed by atoms with E-state index in [0.29, 0.717) is 11.5 Å². The van der Waals surface area contributed by atoms with E-state index in [1.54, 1.807) is 0 Å². The molecule has 0 aromatic carbocycles. The van der Waals surface area contributed by atoms with E-state index in [-0.39, 0.29) is 0 Å². The van der Waals surface area contributed by atoms with E-state index in [2.05, 4.69) is 19.2 Å². The number of nitrogens with one attached hydrogen (secondary N) is 1. The summed E-state index contributed by atoms with van der Waals surface area (Å²) in [6.45, 7) is 6.47. The molecule has 1 N–H and O–H groups in total. The molecule has 1 saturated heterocycles. The predicted octanol–water partition coefficient (Wildman–Crippen LogP) is 1.41. The molecule has 11 heavy (non-hydrogen) atoms. The van der Waals surface area contributed by atoms with Gasteiger partial charge in [-0.15, -0.1) is 0 Å². The van der Waals surface area contributed by atoms with Crippen molar-refractivity contribution in [2.45, 2.75) is 32.8 Å². The Morgan fingerprint density at radius 1 is 1.64 bits per heavy atom. The summed E-state index contributed by atoms with van der Waals surface area (Å²) in [5, 5.41) is 3.25. The van der Waals surface area contributed by atoms with Crippen LogP contribution in [0, 0.1) is 5.41 Å². The van der Waals surface area contributed by atoms with E-state index in [1.807, 2.05) is 7.05 Å². The van der Waals surface area contributed by atoms with E-state index in [4.69, 9.17) is 4.74 Å². The van der Waals surface area contributed by atoms with E-state index in [1.165, 1.54) is 12.8 Å². The monoisotopic (exact) mass is 157 g/mol. The first-order valence-corrected chi connectivity index (χ1v) is 4.51. The Labute approximate surface area is 69.3 Å². The summed E-state index contributed by atoms with van der Waals surface area (Å²) in [4.78, 5) is 0. The fraction of sp³-hybridized carbons (Fsp3) is 1.00. The summed E-state index contributed by atoms with van der Waals surface area (Å²) in [7, 11) is 2.02. The molecule has 0 saturated carbocycles. The molecule has 0 spiro atoms. The summed E-state index contributed by atoms with van der Waals surface area (Å²) < 4.78 is 5.57. The molecule has 1 aliphatic heterocycles. The summed E-state index contributed by atoms with van der Waals surface area (Å²) >= 11 is 0. The van der Waals surface area contributed by atoms with Crippen LogP contribution in [0.5, 0.6) is 0 Å². The minimum Gasteiger partial charge on any atom is -0.378 e. The minimum absolute atomic E-state index is 0.411. The molecule has 0 aromatic rings. The standard InChI is InChI=1S/C9H19NO/c1-4-9(7-10-3)5-6-11-8(9)2/h8,10H,4-7H2,1-3H3. The summed E-state index contributed by atoms with van der Waals surface area (Å²) in [5.74, 6) is 0. The van der Waals surface area contributed by atoms with Gasteiger partial charge in [-0.3, -0.25) is 0 Å². The van der Waals surface area contributed by atoms with E-state index >= 15 is 0 Å². The minimum atomic E-state index is 0.411. The van der Waals surface area contributed by atoms with Gasteiger partial charge in [0.15, 0.2) is 0 Å². The van der Waals surface area contributed by atoms with Gasteiger partial charge in [-0.25, -0.2) is 0 Å². The molecule has 2 atom stereocenters. The summed E-state index contributed by atoms with van der Waals surface area (Å²) in [6.07, 6.45) is 2.86. The third-order valence-electron chi connectivity index (χ3n) is 3.06. The van der Waals surface area contributed by atoms with Crippen molar-refractivity contribution < 1.29 is 4.74 Å². The zero-order chi connectivity index (χ0) is 8.32. The van der Waals surface area contributed by atoms with Crippen molar-refractivity contribution in [3.63, 3.8) is 0 Å². The molecule has 2 nitrogen and oxygen atoms in total. The summed E-state index contributed by atoms with van der Waals surface area (Å²) in [5.41, 5.74) is 0.411. The molecule has 2 heteroatoms. The Hall–Kier alpha value is -0.0800. The number of ether oxygens (including phenoxy) is 1. The van der Waals surface area contributed by atoms with Crippen molar-refractivity contribution in [1.29, 1.82) is 0 Å². The van der Waals surface area contributed by atoms with Crippen LogP contribution >= 0.6 is 0 Å². The predicted molar refractivity (Wildman–Crippen MR) is 46.7 cm³/mol. The molecule has 0 radical (unpaired) electrons. The maximum atomic E-state index is 5.57.